The lowest BCUT2D eigenvalue weighted by atomic mass is 9.79. The van der Waals surface area contributed by atoms with Crippen molar-refractivity contribution in [2.75, 3.05) is 39.5 Å². The number of benzene rings is 2. The van der Waals surface area contributed by atoms with Crippen LogP contribution in [0.4, 0.5) is 26.3 Å². The minimum atomic E-state index is -4.92. The van der Waals surface area contributed by atoms with E-state index in [1.54, 1.807) is 0 Å². The third-order valence-corrected chi connectivity index (χ3v) is 7.09. The van der Waals surface area contributed by atoms with Gasteiger partial charge >= 0.3 is 12.4 Å². The molecule has 0 N–H and O–H groups in total. The smallest absolute Gasteiger partial charge is 0.379 e. The summed E-state index contributed by atoms with van der Waals surface area (Å²) in [6, 6.07) is 11.1. The van der Waals surface area contributed by atoms with Gasteiger partial charge in [-0.15, -0.1) is 0 Å². The maximum absolute atomic E-state index is 13.4. The van der Waals surface area contributed by atoms with Crippen molar-refractivity contribution >= 4 is 0 Å². The largest absolute Gasteiger partial charge is 0.416 e. The van der Waals surface area contributed by atoms with Gasteiger partial charge in [-0.3, -0.25) is 4.90 Å². The first kappa shape index (κ1) is 27.9. The third kappa shape index (κ3) is 7.25. The fraction of sp³-hybridized carbons (Fsp3) is 0.556. The zero-order valence-electron chi connectivity index (χ0n) is 20.5. The number of nitrogens with zero attached hydrogens (tertiary/aromatic N) is 1. The van der Waals surface area contributed by atoms with Gasteiger partial charge in [0.25, 0.3) is 0 Å². The summed E-state index contributed by atoms with van der Waals surface area (Å²) >= 11 is 0. The molecule has 2 aromatic rings. The SMILES string of the molecule is C[C@@H](O[C@H]1OCC[C@H](CCN2CCOCC2)[C@H]1c1ccccc1)c1cc(C(F)(F)F)cc(C(F)(F)F)c1. The van der Waals surface area contributed by atoms with Crippen LogP contribution >= 0.6 is 0 Å². The fourth-order valence-electron chi connectivity index (χ4n) is 5.06. The Hall–Kier alpha value is -2.14. The summed E-state index contributed by atoms with van der Waals surface area (Å²) in [6.45, 7) is 5.80. The first-order valence-electron chi connectivity index (χ1n) is 12.4. The number of halogens is 6. The van der Waals surface area contributed by atoms with Gasteiger partial charge in [0.15, 0.2) is 6.29 Å². The first-order valence-corrected chi connectivity index (χ1v) is 12.4. The standard InChI is InChI=1S/C27H31F6NO3/c1-18(21-15-22(26(28,29)30)17-23(16-21)27(31,32)33)37-25-24(19-5-3-2-4-6-19)20(8-12-36-25)7-9-34-10-13-35-14-11-34/h2-6,15-18,20,24-25H,7-14H2,1H3/t18-,20+,24-,25-/m1/s1. The van der Waals surface area contributed by atoms with E-state index in [-0.39, 0.29) is 23.5 Å². The third-order valence-electron chi connectivity index (χ3n) is 7.09. The van der Waals surface area contributed by atoms with Crippen LogP contribution in [0.15, 0.2) is 48.5 Å². The molecule has 0 amide bonds. The monoisotopic (exact) mass is 531 g/mol. The van der Waals surface area contributed by atoms with Crippen molar-refractivity contribution < 1.29 is 40.6 Å². The maximum Gasteiger partial charge on any atom is 0.416 e. The summed E-state index contributed by atoms with van der Waals surface area (Å²) in [4.78, 5) is 2.33. The summed E-state index contributed by atoms with van der Waals surface area (Å²) in [6.07, 6.45) is -10.1. The number of hydrogen-bond donors (Lipinski definition) is 0. The van der Waals surface area contributed by atoms with E-state index in [1.807, 2.05) is 30.3 Å². The Morgan fingerprint density at radius 2 is 1.54 bits per heavy atom. The van der Waals surface area contributed by atoms with Crippen LogP contribution in [0.5, 0.6) is 0 Å². The fourth-order valence-corrected chi connectivity index (χ4v) is 5.06. The van der Waals surface area contributed by atoms with Gasteiger partial charge in [-0.2, -0.15) is 26.3 Å². The summed E-state index contributed by atoms with van der Waals surface area (Å²) < 4.78 is 97.8. The van der Waals surface area contributed by atoms with Crippen LogP contribution in [0.1, 0.15) is 54.0 Å². The molecule has 2 fully saturated rings. The Balaban J connectivity index is 1.57. The average Bonchev–Trinajstić information content (AvgIpc) is 2.87. The van der Waals surface area contributed by atoms with Gasteiger partial charge in [0.1, 0.15) is 0 Å². The Labute approximate surface area is 212 Å². The molecule has 0 aliphatic carbocycles. The molecule has 204 valence electrons. The molecular formula is C27H31F6NO3. The second-order valence-electron chi connectivity index (χ2n) is 9.58. The molecule has 2 saturated heterocycles. The minimum absolute atomic E-state index is 0.127. The van der Waals surface area contributed by atoms with E-state index >= 15 is 0 Å². The van der Waals surface area contributed by atoms with Crippen LogP contribution in [0.25, 0.3) is 0 Å². The highest BCUT2D eigenvalue weighted by molar-refractivity contribution is 5.34. The second-order valence-corrected chi connectivity index (χ2v) is 9.58. The lowest BCUT2D eigenvalue weighted by Gasteiger charge is -2.40. The highest BCUT2D eigenvalue weighted by Crippen LogP contribution is 2.42. The van der Waals surface area contributed by atoms with Crippen LogP contribution in [-0.2, 0) is 26.6 Å². The van der Waals surface area contributed by atoms with Crippen molar-refractivity contribution in [3.05, 3.63) is 70.8 Å². The molecule has 4 nitrogen and oxygen atoms in total. The van der Waals surface area contributed by atoms with Crippen molar-refractivity contribution in [2.24, 2.45) is 5.92 Å². The van der Waals surface area contributed by atoms with E-state index in [0.717, 1.165) is 50.2 Å². The van der Waals surface area contributed by atoms with Crippen LogP contribution in [0, 0.1) is 5.92 Å². The first-order chi connectivity index (χ1) is 17.5. The minimum Gasteiger partial charge on any atom is -0.379 e. The zero-order valence-corrected chi connectivity index (χ0v) is 20.5. The van der Waals surface area contributed by atoms with E-state index in [2.05, 4.69) is 4.90 Å². The lowest BCUT2D eigenvalue weighted by Crippen LogP contribution is -2.41. The molecule has 0 unspecified atom stereocenters. The summed E-state index contributed by atoms with van der Waals surface area (Å²) in [5, 5.41) is 0. The summed E-state index contributed by atoms with van der Waals surface area (Å²) in [7, 11) is 0. The second kappa shape index (κ2) is 11.7. The van der Waals surface area contributed by atoms with Crippen molar-refractivity contribution in [2.45, 2.75) is 50.4 Å². The van der Waals surface area contributed by atoms with Crippen molar-refractivity contribution in [3.8, 4) is 0 Å². The van der Waals surface area contributed by atoms with E-state index in [0.29, 0.717) is 19.8 Å². The number of morpholine rings is 1. The number of alkyl halides is 6. The Morgan fingerprint density at radius 3 is 2.14 bits per heavy atom. The predicted octanol–water partition coefficient (Wildman–Crippen LogP) is 6.67. The molecule has 4 rings (SSSR count). The molecular weight excluding hydrogens is 500 g/mol. The average molecular weight is 532 g/mol. The van der Waals surface area contributed by atoms with Gasteiger partial charge in [-0.05, 0) is 61.6 Å². The number of hydrogen-bond acceptors (Lipinski definition) is 4. The molecule has 2 aromatic carbocycles. The number of rotatable bonds is 7. The molecule has 2 heterocycles. The topological polar surface area (TPSA) is 30.9 Å². The zero-order chi connectivity index (χ0) is 26.6. The van der Waals surface area contributed by atoms with Crippen LogP contribution < -0.4 is 0 Å². The molecule has 0 radical (unpaired) electrons. The van der Waals surface area contributed by atoms with Gasteiger partial charge in [-0.1, -0.05) is 30.3 Å². The predicted molar refractivity (Wildman–Crippen MR) is 125 cm³/mol. The van der Waals surface area contributed by atoms with Crippen LogP contribution in [0.2, 0.25) is 0 Å². The normalized spacial score (nSPS) is 24.7. The Bertz CT molecular complexity index is 975. The van der Waals surface area contributed by atoms with Gasteiger partial charge in [0, 0.05) is 19.0 Å². The molecule has 2 aliphatic heterocycles. The summed E-state index contributed by atoms with van der Waals surface area (Å²) in [5.41, 5.74) is -1.96. The van der Waals surface area contributed by atoms with Crippen LogP contribution in [-0.4, -0.2) is 50.6 Å². The molecule has 0 bridgehead atoms. The van der Waals surface area contributed by atoms with E-state index in [4.69, 9.17) is 14.2 Å². The summed E-state index contributed by atoms with van der Waals surface area (Å²) in [5.74, 6) is -0.0465. The van der Waals surface area contributed by atoms with Gasteiger partial charge < -0.3 is 14.2 Å². The molecule has 2 aliphatic rings. The Kier molecular flexibility index (Phi) is 8.83. The Morgan fingerprint density at radius 1 is 0.919 bits per heavy atom. The quantitative estimate of drug-likeness (QED) is 0.374. The molecule has 37 heavy (non-hydrogen) atoms. The van der Waals surface area contributed by atoms with Crippen molar-refractivity contribution in [3.63, 3.8) is 0 Å². The van der Waals surface area contributed by atoms with Crippen molar-refractivity contribution in [1.29, 1.82) is 0 Å². The molecule has 10 heteroatoms. The molecule has 0 spiro atoms. The molecule has 0 aromatic heterocycles. The highest BCUT2D eigenvalue weighted by atomic mass is 19.4. The number of ether oxygens (including phenoxy) is 3. The van der Waals surface area contributed by atoms with Gasteiger partial charge in [0.2, 0.25) is 0 Å². The van der Waals surface area contributed by atoms with E-state index in [9.17, 15) is 26.3 Å². The lowest BCUT2D eigenvalue weighted by molar-refractivity contribution is -0.210. The van der Waals surface area contributed by atoms with Crippen LogP contribution in [0.3, 0.4) is 0 Å². The highest BCUT2D eigenvalue weighted by Gasteiger charge is 2.40. The molecule has 0 saturated carbocycles. The van der Waals surface area contributed by atoms with E-state index in [1.165, 1.54) is 6.92 Å². The van der Waals surface area contributed by atoms with E-state index < -0.39 is 35.9 Å². The maximum atomic E-state index is 13.4. The van der Waals surface area contributed by atoms with Gasteiger partial charge in [-0.25, -0.2) is 0 Å². The molecule has 4 atom stereocenters. The van der Waals surface area contributed by atoms with Crippen molar-refractivity contribution in [1.82, 2.24) is 4.90 Å². The van der Waals surface area contributed by atoms with Gasteiger partial charge in [0.05, 0.1) is 37.1 Å².